The van der Waals surface area contributed by atoms with Crippen molar-refractivity contribution in [2.75, 3.05) is 11.2 Å². The van der Waals surface area contributed by atoms with Crippen molar-refractivity contribution in [1.29, 1.82) is 0 Å². The summed E-state index contributed by atoms with van der Waals surface area (Å²) in [6.07, 6.45) is 6.19. The average Bonchev–Trinajstić information content (AvgIpc) is 2.30. The number of rotatable bonds is 3. The van der Waals surface area contributed by atoms with Crippen LogP contribution in [0.1, 0.15) is 37.8 Å². The molecule has 1 aromatic heterocycles. The molecule has 2 rings (SSSR count). The Bertz CT molecular complexity index is 346. The lowest BCUT2D eigenvalue weighted by atomic mass is 9.83. The Morgan fingerprint density at radius 1 is 1.31 bits per heavy atom. The van der Waals surface area contributed by atoms with Crippen molar-refractivity contribution >= 4 is 17.4 Å². The Kier molecular flexibility index (Phi) is 3.70. The van der Waals surface area contributed by atoms with E-state index in [0.29, 0.717) is 5.88 Å². The van der Waals surface area contributed by atoms with Crippen LogP contribution in [0.2, 0.25) is 0 Å². The summed E-state index contributed by atoms with van der Waals surface area (Å²) in [6, 6.07) is 6.07. The van der Waals surface area contributed by atoms with E-state index in [0.717, 1.165) is 24.4 Å². The molecule has 0 spiro atoms. The number of hydrogen-bond donors (Lipinski definition) is 1. The third kappa shape index (κ3) is 2.67. The maximum absolute atomic E-state index is 6.14. The maximum Gasteiger partial charge on any atom is 0.126 e. The van der Waals surface area contributed by atoms with Crippen LogP contribution in [-0.2, 0) is 0 Å². The second-order valence-corrected chi connectivity index (χ2v) is 5.03. The van der Waals surface area contributed by atoms with Gasteiger partial charge in [0.05, 0.1) is 5.54 Å². The molecule has 1 N–H and O–H groups in total. The first-order valence-corrected chi connectivity index (χ1v) is 6.55. The minimum absolute atomic E-state index is 0.0700. The summed E-state index contributed by atoms with van der Waals surface area (Å²) < 4.78 is 0. The van der Waals surface area contributed by atoms with Gasteiger partial charge in [-0.05, 0) is 31.9 Å². The molecule has 0 aromatic carbocycles. The molecule has 88 valence electrons. The summed E-state index contributed by atoms with van der Waals surface area (Å²) in [5, 5.41) is 3.54. The van der Waals surface area contributed by atoms with Crippen molar-refractivity contribution in [3.63, 3.8) is 0 Å². The fourth-order valence-corrected chi connectivity index (χ4v) is 2.74. The van der Waals surface area contributed by atoms with Gasteiger partial charge in [0, 0.05) is 11.6 Å². The van der Waals surface area contributed by atoms with Crippen LogP contribution in [0.5, 0.6) is 0 Å². The van der Waals surface area contributed by atoms with Crippen molar-refractivity contribution in [2.24, 2.45) is 0 Å². The summed E-state index contributed by atoms with van der Waals surface area (Å²) in [6.45, 7) is 2.01. The van der Waals surface area contributed by atoms with Crippen LogP contribution in [0.4, 0.5) is 5.82 Å². The first-order chi connectivity index (χ1) is 7.74. The highest BCUT2D eigenvalue weighted by Crippen LogP contribution is 2.32. The van der Waals surface area contributed by atoms with Crippen LogP contribution in [0, 0.1) is 6.92 Å². The molecule has 0 saturated heterocycles. The molecule has 0 radical (unpaired) electrons. The van der Waals surface area contributed by atoms with E-state index in [-0.39, 0.29) is 5.54 Å². The number of anilines is 1. The fraction of sp³-hybridized carbons (Fsp3) is 0.615. The minimum Gasteiger partial charge on any atom is -0.363 e. The highest BCUT2D eigenvalue weighted by molar-refractivity contribution is 6.18. The van der Waals surface area contributed by atoms with Gasteiger partial charge in [0.25, 0.3) is 0 Å². The lowest BCUT2D eigenvalue weighted by Gasteiger charge is -2.37. The second-order valence-electron chi connectivity index (χ2n) is 4.76. The SMILES string of the molecule is Cc1cccc(NC2(CCl)CCCCC2)n1. The van der Waals surface area contributed by atoms with Gasteiger partial charge in [-0.3, -0.25) is 0 Å². The van der Waals surface area contributed by atoms with Gasteiger partial charge in [0.1, 0.15) is 5.82 Å². The molecule has 2 nitrogen and oxygen atoms in total. The van der Waals surface area contributed by atoms with E-state index < -0.39 is 0 Å². The van der Waals surface area contributed by atoms with Crippen LogP contribution in [-0.4, -0.2) is 16.4 Å². The Morgan fingerprint density at radius 2 is 2.06 bits per heavy atom. The smallest absolute Gasteiger partial charge is 0.126 e. The van der Waals surface area contributed by atoms with E-state index in [4.69, 9.17) is 11.6 Å². The second kappa shape index (κ2) is 5.05. The average molecular weight is 239 g/mol. The molecule has 0 atom stereocenters. The number of hydrogen-bond acceptors (Lipinski definition) is 2. The minimum atomic E-state index is 0.0700. The molecule has 0 unspecified atom stereocenters. The number of halogens is 1. The molecule has 16 heavy (non-hydrogen) atoms. The summed E-state index contributed by atoms with van der Waals surface area (Å²) >= 11 is 6.14. The number of nitrogens with zero attached hydrogens (tertiary/aromatic N) is 1. The molecule has 1 aliphatic carbocycles. The normalized spacial score (nSPS) is 19.4. The third-order valence-electron chi connectivity index (χ3n) is 3.35. The summed E-state index contributed by atoms with van der Waals surface area (Å²) in [4.78, 5) is 4.49. The molecule has 1 saturated carbocycles. The van der Waals surface area contributed by atoms with Gasteiger partial charge in [-0.2, -0.15) is 0 Å². The van der Waals surface area contributed by atoms with E-state index in [1.807, 2.05) is 25.1 Å². The van der Waals surface area contributed by atoms with Crippen molar-refractivity contribution in [3.8, 4) is 0 Å². The first-order valence-electron chi connectivity index (χ1n) is 6.02. The fourth-order valence-electron chi connectivity index (χ4n) is 2.40. The van der Waals surface area contributed by atoms with Crippen LogP contribution in [0.25, 0.3) is 0 Å². The highest BCUT2D eigenvalue weighted by atomic mass is 35.5. The number of pyridine rings is 1. The van der Waals surface area contributed by atoms with Gasteiger partial charge in [-0.1, -0.05) is 25.3 Å². The van der Waals surface area contributed by atoms with Crippen LogP contribution in [0.15, 0.2) is 18.2 Å². The standard InChI is InChI=1S/C13H19ClN2/c1-11-6-5-7-12(15-11)16-13(10-14)8-3-2-4-9-13/h5-7H,2-4,8-10H2,1H3,(H,15,16). The van der Waals surface area contributed by atoms with Gasteiger partial charge in [-0.15, -0.1) is 11.6 Å². The molecular formula is C13H19ClN2. The zero-order valence-corrected chi connectivity index (χ0v) is 10.6. The highest BCUT2D eigenvalue weighted by Gasteiger charge is 2.31. The van der Waals surface area contributed by atoms with E-state index in [2.05, 4.69) is 10.3 Å². The molecule has 1 heterocycles. The number of alkyl halides is 1. The van der Waals surface area contributed by atoms with Gasteiger partial charge >= 0.3 is 0 Å². The van der Waals surface area contributed by atoms with Gasteiger partial charge in [0.15, 0.2) is 0 Å². The molecular weight excluding hydrogens is 220 g/mol. The van der Waals surface area contributed by atoms with E-state index in [1.165, 1.54) is 19.3 Å². The molecule has 0 aliphatic heterocycles. The molecule has 1 aromatic rings. The van der Waals surface area contributed by atoms with Gasteiger partial charge in [-0.25, -0.2) is 4.98 Å². The van der Waals surface area contributed by atoms with E-state index in [9.17, 15) is 0 Å². The Morgan fingerprint density at radius 3 is 2.69 bits per heavy atom. The molecule has 0 amide bonds. The van der Waals surface area contributed by atoms with Crippen molar-refractivity contribution in [1.82, 2.24) is 4.98 Å². The number of aromatic nitrogens is 1. The monoisotopic (exact) mass is 238 g/mol. The maximum atomic E-state index is 6.14. The van der Waals surface area contributed by atoms with E-state index >= 15 is 0 Å². The third-order valence-corrected chi connectivity index (χ3v) is 3.86. The summed E-state index contributed by atoms with van der Waals surface area (Å²) in [7, 11) is 0. The molecule has 1 aliphatic rings. The Balaban J connectivity index is 2.11. The topological polar surface area (TPSA) is 24.9 Å². The van der Waals surface area contributed by atoms with Crippen molar-refractivity contribution in [2.45, 2.75) is 44.6 Å². The lowest BCUT2D eigenvalue weighted by Crippen LogP contribution is -2.42. The summed E-state index contributed by atoms with van der Waals surface area (Å²) in [5.74, 6) is 1.63. The van der Waals surface area contributed by atoms with Crippen LogP contribution in [0.3, 0.4) is 0 Å². The predicted octanol–water partition coefficient (Wildman–Crippen LogP) is 3.74. The van der Waals surface area contributed by atoms with E-state index in [1.54, 1.807) is 0 Å². The Hall–Kier alpha value is -0.760. The van der Waals surface area contributed by atoms with Gasteiger partial charge < -0.3 is 5.32 Å². The number of nitrogens with one attached hydrogen (secondary N) is 1. The first kappa shape index (κ1) is 11.7. The lowest BCUT2D eigenvalue weighted by molar-refractivity contribution is 0.352. The zero-order chi connectivity index (χ0) is 11.4. The van der Waals surface area contributed by atoms with Crippen LogP contribution < -0.4 is 5.32 Å². The summed E-state index contributed by atoms with van der Waals surface area (Å²) in [5.41, 5.74) is 1.12. The van der Waals surface area contributed by atoms with Crippen molar-refractivity contribution < 1.29 is 0 Å². The van der Waals surface area contributed by atoms with Crippen molar-refractivity contribution in [3.05, 3.63) is 23.9 Å². The molecule has 3 heteroatoms. The predicted molar refractivity (Wildman–Crippen MR) is 69.1 cm³/mol. The van der Waals surface area contributed by atoms with Crippen LogP contribution >= 0.6 is 11.6 Å². The number of aryl methyl sites for hydroxylation is 1. The largest absolute Gasteiger partial charge is 0.363 e. The molecule has 0 bridgehead atoms. The molecule has 1 fully saturated rings. The zero-order valence-electron chi connectivity index (χ0n) is 9.80. The Labute approximate surface area is 102 Å². The van der Waals surface area contributed by atoms with Gasteiger partial charge in [0.2, 0.25) is 0 Å². The quantitative estimate of drug-likeness (QED) is 0.812.